The first kappa shape index (κ1) is 20.9. The molecule has 2 aromatic rings. The Kier molecular flexibility index (Phi) is 7.17. The van der Waals surface area contributed by atoms with Crippen LogP contribution in [0.4, 0.5) is 0 Å². The summed E-state index contributed by atoms with van der Waals surface area (Å²) >= 11 is 11.9. The van der Waals surface area contributed by atoms with E-state index in [0.29, 0.717) is 16.6 Å². The second-order valence-electron chi connectivity index (χ2n) is 7.83. The Balaban J connectivity index is 1.49. The molecule has 1 amide bonds. The van der Waals surface area contributed by atoms with Crippen molar-refractivity contribution >= 4 is 35.2 Å². The molecule has 0 bridgehead atoms. The number of carbonyl (C=O) groups is 1. The Morgan fingerprint density at radius 2 is 1.68 bits per heavy atom. The maximum Gasteiger partial charge on any atom is 0.244 e. The van der Waals surface area contributed by atoms with Gasteiger partial charge in [-0.15, -0.1) is 0 Å². The average molecular weight is 418 g/mol. The predicted molar refractivity (Wildman–Crippen MR) is 117 cm³/mol. The summed E-state index contributed by atoms with van der Waals surface area (Å²) in [6.07, 6.45) is 7.26. The highest BCUT2D eigenvalue weighted by atomic mass is 35.5. The first-order valence-electron chi connectivity index (χ1n) is 9.76. The van der Waals surface area contributed by atoms with Crippen molar-refractivity contribution in [2.45, 2.75) is 32.4 Å². The number of nitrogens with one attached hydrogen (secondary N) is 1. The molecule has 0 radical (unpaired) electrons. The fraction of sp³-hybridized carbons (Fsp3) is 0.348. The van der Waals surface area contributed by atoms with E-state index in [1.54, 1.807) is 18.2 Å². The van der Waals surface area contributed by atoms with Crippen LogP contribution in [-0.2, 0) is 17.9 Å². The molecule has 1 saturated heterocycles. The van der Waals surface area contributed by atoms with E-state index in [9.17, 15) is 4.79 Å². The highest BCUT2D eigenvalue weighted by Gasteiger charge is 2.24. The molecule has 148 valence electrons. The minimum absolute atomic E-state index is 0.137. The Hall–Kier alpha value is -1.81. The van der Waals surface area contributed by atoms with Crippen molar-refractivity contribution in [2.24, 2.45) is 0 Å². The summed E-state index contributed by atoms with van der Waals surface area (Å²) in [5, 5.41) is 3.89. The Labute approximate surface area is 177 Å². The van der Waals surface area contributed by atoms with Gasteiger partial charge in [0.1, 0.15) is 6.54 Å². The van der Waals surface area contributed by atoms with E-state index in [4.69, 9.17) is 23.2 Å². The fourth-order valence-corrected chi connectivity index (χ4v) is 3.98. The number of nitrogens with zero attached hydrogens (tertiary/aromatic N) is 1. The molecule has 0 unspecified atom stereocenters. The highest BCUT2D eigenvalue weighted by molar-refractivity contribution is 6.42. The van der Waals surface area contributed by atoms with Crippen molar-refractivity contribution in [3.63, 3.8) is 0 Å². The van der Waals surface area contributed by atoms with Crippen molar-refractivity contribution < 1.29 is 9.28 Å². The van der Waals surface area contributed by atoms with Gasteiger partial charge in [0, 0.05) is 18.2 Å². The Morgan fingerprint density at radius 1 is 1.00 bits per heavy atom. The zero-order valence-electron chi connectivity index (χ0n) is 16.3. The van der Waals surface area contributed by atoms with Crippen LogP contribution in [0.2, 0.25) is 10.0 Å². The minimum Gasteiger partial charge on any atom is -0.348 e. The number of hydrogen-bond acceptors (Lipinski definition) is 1. The molecule has 5 heteroatoms. The highest BCUT2D eigenvalue weighted by Crippen LogP contribution is 2.23. The SMILES string of the molecule is C[N+]1(Cc2ccc(CNC(=O)/C=C/c3ccc(Cl)c(Cl)c3)cc2)CCCCC1. The van der Waals surface area contributed by atoms with Crippen LogP contribution in [0.15, 0.2) is 48.5 Å². The lowest BCUT2D eigenvalue weighted by Crippen LogP contribution is -2.46. The van der Waals surface area contributed by atoms with Crippen LogP contribution in [0.5, 0.6) is 0 Å². The van der Waals surface area contributed by atoms with Gasteiger partial charge in [0.2, 0.25) is 5.91 Å². The molecule has 3 nitrogen and oxygen atoms in total. The van der Waals surface area contributed by atoms with Crippen molar-refractivity contribution in [3.05, 3.63) is 75.3 Å². The normalized spacial score (nSPS) is 16.2. The average Bonchev–Trinajstić information content (AvgIpc) is 2.68. The number of hydrogen-bond donors (Lipinski definition) is 1. The van der Waals surface area contributed by atoms with Crippen LogP contribution in [-0.4, -0.2) is 30.5 Å². The van der Waals surface area contributed by atoms with Gasteiger partial charge in [-0.2, -0.15) is 0 Å². The summed E-state index contributed by atoms with van der Waals surface area (Å²) in [6.45, 7) is 4.13. The van der Waals surface area contributed by atoms with E-state index in [-0.39, 0.29) is 5.91 Å². The summed E-state index contributed by atoms with van der Waals surface area (Å²) in [5.74, 6) is -0.137. The van der Waals surface area contributed by atoms with Crippen LogP contribution in [0.1, 0.15) is 36.0 Å². The van der Waals surface area contributed by atoms with Crippen molar-refractivity contribution in [1.82, 2.24) is 5.32 Å². The van der Waals surface area contributed by atoms with Gasteiger partial charge in [-0.1, -0.05) is 53.5 Å². The van der Waals surface area contributed by atoms with Gasteiger partial charge in [-0.05, 0) is 48.6 Å². The first-order valence-corrected chi connectivity index (χ1v) is 10.5. The van der Waals surface area contributed by atoms with Crippen LogP contribution in [0.25, 0.3) is 6.08 Å². The van der Waals surface area contributed by atoms with Crippen molar-refractivity contribution in [3.8, 4) is 0 Å². The molecule has 0 aliphatic carbocycles. The van der Waals surface area contributed by atoms with Gasteiger partial charge in [-0.3, -0.25) is 4.79 Å². The van der Waals surface area contributed by atoms with Crippen molar-refractivity contribution in [2.75, 3.05) is 20.1 Å². The maximum absolute atomic E-state index is 12.1. The lowest BCUT2D eigenvalue weighted by molar-refractivity contribution is -0.926. The summed E-state index contributed by atoms with van der Waals surface area (Å²) in [6, 6.07) is 13.9. The topological polar surface area (TPSA) is 29.1 Å². The summed E-state index contributed by atoms with van der Waals surface area (Å²) in [5.41, 5.74) is 3.29. The van der Waals surface area contributed by atoms with E-state index in [1.807, 2.05) is 6.07 Å². The molecule has 0 atom stereocenters. The third-order valence-electron chi connectivity index (χ3n) is 5.32. The number of amides is 1. The number of halogens is 2. The number of carbonyl (C=O) groups excluding carboxylic acids is 1. The lowest BCUT2D eigenvalue weighted by atomic mass is 10.1. The standard InChI is InChI=1S/C23H26Cl2N2O/c1-27(13-3-2-4-14-27)17-20-7-5-19(6-8-20)16-26-23(28)12-10-18-9-11-21(24)22(25)15-18/h5-12,15H,2-4,13-14,16-17H2,1H3/p+1/b12-10+. The number of piperidine rings is 1. The molecular weight excluding hydrogens is 391 g/mol. The second kappa shape index (κ2) is 9.60. The number of benzene rings is 2. The van der Waals surface area contributed by atoms with Gasteiger partial charge >= 0.3 is 0 Å². The van der Waals surface area contributed by atoms with Gasteiger partial charge in [0.15, 0.2) is 0 Å². The molecule has 1 aliphatic heterocycles. The Morgan fingerprint density at radius 3 is 2.36 bits per heavy atom. The van der Waals surface area contributed by atoms with Gasteiger partial charge in [-0.25, -0.2) is 0 Å². The van der Waals surface area contributed by atoms with Gasteiger partial charge in [0.25, 0.3) is 0 Å². The largest absolute Gasteiger partial charge is 0.348 e. The summed E-state index contributed by atoms with van der Waals surface area (Å²) < 4.78 is 1.13. The van der Waals surface area contributed by atoms with Crippen LogP contribution >= 0.6 is 23.2 Å². The molecule has 2 aromatic carbocycles. The molecule has 1 fully saturated rings. The second-order valence-corrected chi connectivity index (χ2v) is 8.64. The molecular formula is C23H27Cl2N2O+. The molecule has 28 heavy (non-hydrogen) atoms. The molecule has 1 N–H and O–H groups in total. The van der Waals surface area contributed by atoms with Crippen LogP contribution < -0.4 is 5.32 Å². The zero-order chi connectivity index (χ0) is 20.0. The van der Waals surface area contributed by atoms with Gasteiger partial charge in [0.05, 0.1) is 30.2 Å². The molecule has 1 aliphatic rings. The summed E-state index contributed by atoms with van der Waals surface area (Å²) in [7, 11) is 2.35. The van der Waals surface area contributed by atoms with E-state index >= 15 is 0 Å². The molecule has 0 saturated carbocycles. The third kappa shape index (κ3) is 6.10. The molecule has 1 heterocycles. The zero-order valence-corrected chi connectivity index (χ0v) is 17.8. The monoisotopic (exact) mass is 417 g/mol. The molecule has 0 spiro atoms. The number of rotatable bonds is 6. The Bertz CT molecular complexity index is 840. The molecule has 3 rings (SSSR count). The lowest BCUT2D eigenvalue weighted by Gasteiger charge is -2.37. The fourth-order valence-electron chi connectivity index (χ4n) is 3.67. The van der Waals surface area contributed by atoms with Crippen LogP contribution in [0.3, 0.4) is 0 Å². The molecule has 0 aromatic heterocycles. The van der Waals surface area contributed by atoms with E-state index in [0.717, 1.165) is 22.2 Å². The predicted octanol–water partition coefficient (Wildman–Crippen LogP) is 5.45. The number of likely N-dealkylation sites (tertiary alicyclic amines) is 1. The summed E-state index contributed by atoms with van der Waals surface area (Å²) in [4.78, 5) is 12.1. The van der Waals surface area contributed by atoms with Crippen LogP contribution in [0, 0.1) is 0 Å². The van der Waals surface area contributed by atoms with Gasteiger partial charge < -0.3 is 9.80 Å². The quantitative estimate of drug-likeness (QED) is 0.490. The van der Waals surface area contributed by atoms with Crippen molar-refractivity contribution in [1.29, 1.82) is 0 Å². The minimum atomic E-state index is -0.137. The van der Waals surface area contributed by atoms with E-state index in [2.05, 4.69) is 36.6 Å². The first-order chi connectivity index (χ1) is 13.4. The van der Waals surface area contributed by atoms with E-state index in [1.165, 1.54) is 44.0 Å². The van der Waals surface area contributed by atoms with E-state index < -0.39 is 0 Å². The maximum atomic E-state index is 12.1. The number of quaternary nitrogens is 1. The third-order valence-corrected chi connectivity index (χ3v) is 6.06. The smallest absolute Gasteiger partial charge is 0.244 e.